The Balaban J connectivity index is 1.66. The molecule has 138 valence electrons. The number of hydrogen-bond donors (Lipinski definition) is 3. The second-order valence-corrected chi connectivity index (χ2v) is 6.70. The van der Waals surface area contributed by atoms with Gasteiger partial charge in [0.15, 0.2) is 0 Å². The zero-order valence-corrected chi connectivity index (χ0v) is 14.7. The molecule has 3 N–H and O–H groups in total. The SMILES string of the molecule is Cc1cc(NC2=CC(=O)N(CCO)C2=O)ccc1NC(=O)C1CCCC1. The fourth-order valence-corrected chi connectivity index (χ4v) is 3.37. The van der Waals surface area contributed by atoms with Crippen LogP contribution in [0.25, 0.3) is 0 Å². The van der Waals surface area contributed by atoms with Gasteiger partial charge in [-0.25, -0.2) is 0 Å². The molecule has 0 bridgehead atoms. The Labute approximate surface area is 152 Å². The Morgan fingerprint density at radius 1 is 1.27 bits per heavy atom. The van der Waals surface area contributed by atoms with Gasteiger partial charge in [-0.15, -0.1) is 0 Å². The summed E-state index contributed by atoms with van der Waals surface area (Å²) in [5, 5.41) is 14.8. The van der Waals surface area contributed by atoms with Crippen LogP contribution in [0, 0.1) is 12.8 Å². The first-order valence-electron chi connectivity index (χ1n) is 8.86. The average Bonchev–Trinajstić information content (AvgIpc) is 3.22. The summed E-state index contributed by atoms with van der Waals surface area (Å²) < 4.78 is 0. The quantitative estimate of drug-likeness (QED) is 0.674. The lowest BCUT2D eigenvalue weighted by molar-refractivity contribution is -0.137. The number of hydrogen-bond acceptors (Lipinski definition) is 5. The first kappa shape index (κ1) is 18.1. The lowest BCUT2D eigenvalue weighted by Crippen LogP contribution is -2.34. The molecule has 0 spiro atoms. The number of aliphatic hydroxyl groups is 1. The van der Waals surface area contributed by atoms with Crippen LogP contribution in [0.3, 0.4) is 0 Å². The van der Waals surface area contributed by atoms with E-state index in [1.165, 1.54) is 6.08 Å². The van der Waals surface area contributed by atoms with E-state index in [4.69, 9.17) is 5.11 Å². The average molecular weight is 357 g/mol. The summed E-state index contributed by atoms with van der Waals surface area (Å²) in [7, 11) is 0. The van der Waals surface area contributed by atoms with Gasteiger partial charge in [-0.05, 0) is 43.5 Å². The summed E-state index contributed by atoms with van der Waals surface area (Å²) >= 11 is 0. The molecule has 2 aliphatic rings. The van der Waals surface area contributed by atoms with Crippen molar-refractivity contribution in [2.75, 3.05) is 23.8 Å². The minimum absolute atomic E-state index is 0.0233. The van der Waals surface area contributed by atoms with Gasteiger partial charge in [-0.2, -0.15) is 0 Å². The number of β-amino-alcohol motifs (C(OH)–C–C–N with tert-alkyl or cyclic N) is 1. The van der Waals surface area contributed by atoms with E-state index in [0.29, 0.717) is 5.69 Å². The Morgan fingerprint density at radius 3 is 2.65 bits per heavy atom. The molecule has 0 atom stereocenters. The van der Waals surface area contributed by atoms with Gasteiger partial charge in [0.1, 0.15) is 5.70 Å². The van der Waals surface area contributed by atoms with Crippen LogP contribution >= 0.6 is 0 Å². The molecule has 0 radical (unpaired) electrons. The Kier molecular flexibility index (Phi) is 5.37. The molecule has 1 fully saturated rings. The second-order valence-electron chi connectivity index (χ2n) is 6.70. The molecule has 7 nitrogen and oxygen atoms in total. The molecule has 1 aromatic carbocycles. The van der Waals surface area contributed by atoms with Crippen molar-refractivity contribution in [2.24, 2.45) is 5.92 Å². The van der Waals surface area contributed by atoms with Crippen LogP contribution in [-0.4, -0.2) is 40.9 Å². The van der Waals surface area contributed by atoms with Gasteiger partial charge in [0.05, 0.1) is 13.2 Å². The van der Waals surface area contributed by atoms with Crippen molar-refractivity contribution in [1.29, 1.82) is 0 Å². The van der Waals surface area contributed by atoms with Crippen molar-refractivity contribution >= 4 is 29.1 Å². The van der Waals surface area contributed by atoms with Crippen molar-refractivity contribution in [1.82, 2.24) is 4.90 Å². The molecule has 0 aromatic heterocycles. The van der Waals surface area contributed by atoms with Crippen molar-refractivity contribution < 1.29 is 19.5 Å². The maximum Gasteiger partial charge on any atom is 0.277 e. The second kappa shape index (κ2) is 7.70. The number of nitrogens with zero attached hydrogens (tertiary/aromatic N) is 1. The number of imide groups is 1. The van der Waals surface area contributed by atoms with Crippen LogP contribution in [0.1, 0.15) is 31.2 Å². The lowest BCUT2D eigenvalue weighted by Gasteiger charge is -2.15. The lowest BCUT2D eigenvalue weighted by atomic mass is 10.1. The van der Waals surface area contributed by atoms with Crippen LogP contribution in [0.15, 0.2) is 30.0 Å². The molecule has 1 aromatic rings. The number of anilines is 2. The van der Waals surface area contributed by atoms with E-state index in [1.54, 1.807) is 12.1 Å². The third-order valence-corrected chi connectivity index (χ3v) is 4.82. The van der Waals surface area contributed by atoms with Crippen molar-refractivity contribution in [3.8, 4) is 0 Å². The predicted molar refractivity (Wildman–Crippen MR) is 97.3 cm³/mol. The van der Waals surface area contributed by atoms with Crippen molar-refractivity contribution in [3.63, 3.8) is 0 Å². The van der Waals surface area contributed by atoms with E-state index in [0.717, 1.165) is 41.8 Å². The van der Waals surface area contributed by atoms with Gasteiger partial charge in [0.25, 0.3) is 11.8 Å². The highest BCUT2D eigenvalue weighted by atomic mass is 16.3. The molecule has 1 aliphatic heterocycles. The zero-order valence-electron chi connectivity index (χ0n) is 14.7. The fourth-order valence-electron chi connectivity index (χ4n) is 3.37. The molecule has 1 saturated carbocycles. The van der Waals surface area contributed by atoms with Crippen LogP contribution in [0.5, 0.6) is 0 Å². The first-order chi connectivity index (χ1) is 12.5. The maximum absolute atomic E-state index is 12.3. The number of carbonyl (C=O) groups excluding carboxylic acids is 3. The van der Waals surface area contributed by atoms with Crippen molar-refractivity contribution in [2.45, 2.75) is 32.6 Å². The van der Waals surface area contributed by atoms with Gasteiger partial charge in [-0.1, -0.05) is 12.8 Å². The number of rotatable bonds is 6. The molecular weight excluding hydrogens is 334 g/mol. The topological polar surface area (TPSA) is 98.7 Å². The Hall–Kier alpha value is -2.67. The Morgan fingerprint density at radius 2 is 2.00 bits per heavy atom. The third-order valence-electron chi connectivity index (χ3n) is 4.82. The molecule has 7 heteroatoms. The van der Waals surface area contributed by atoms with Gasteiger partial charge >= 0.3 is 0 Å². The van der Waals surface area contributed by atoms with E-state index in [-0.39, 0.29) is 30.7 Å². The van der Waals surface area contributed by atoms with Crippen LogP contribution in [-0.2, 0) is 14.4 Å². The summed E-state index contributed by atoms with van der Waals surface area (Å²) in [6, 6.07) is 5.36. The van der Waals surface area contributed by atoms with E-state index in [9.17, 15) is 14.4 Å². The van der Waals surface area contributed by atoms with E-state index in [1.807, 2.05) is 13.0 Å². The predicted octanol–water partition coefficient (Wildman–Crippen LogP) is 1.78. The molecule has 3 amide bonds. The number of nitrogens with one attached hydrogen (secondary N) is 2. The van der Waals surface area contributed by atoms with E-state index < -0.39 is 11.8 Å². The first-order valence-corrected chi connectivity index (χ1v) is 8.86. The van der Waals surface area contributed by atoms with Crippen LogP contribution < -0.4 is 10.6 Å². The number of amides is 3. The van der Waals surface area contributed by atoms with E-state index in [2.05, 4.69) is 10.6 Å². The fraction of sp³-hybridized carbons (Fsp3) is 0.421. The molecular formula is C19H23N3O4. The highest BCUT2D eigenvalue weighted by Gasteiger charge is 2.30. The van der Waals surface area contributed by atoms with Gasteiger partial charge in [0.2, 0.25) is 5.91 Å². The molecule has 0 saturated heterocycles. The summed E-state index contributed by atoms with van der Waals surface area (Å²) in [4.78, 5) is 37.2. The van der Waals surface area contributed by atoms with Crippen molar-refractivity contribution in [3.05, 3.63) is 35.5 Å². The minimum atomic E-state index is -0.458. The van der Waals surface area contributed by atoms with Gasteiger partial charge in [0, 0.05) is 23.4 Å². The largest absolute Gasteiger partial charge is 0.395 e. The van der Waals surface area contributed by atoms with Crippen LogP contribution in [0.2, 0.25) is 0 Å². The highest BCUT2D eigenvalue weighted by molar-refractivity contribution is 6.17. The maximum atomic E-state index is 12.3. The van der Waals surface area contributed by atoms with Crippen LogP contribution in [0.4, 0.5) is 11.4 Å². The summed E-state index contributed by atoms with van der Waals surface area (Å²) in [5.41, 5.74) is 2.44. The van der Waals surface area contributed by atoms with E-state index >= 15 is 0 Å². The minimum Gasteiger partial charge on any atom is -0.395 e. The molecule has 26 heavy (non-hydrogen) atoms. The van der Waals surface area contributed by atoms with Gasteiger partial charge in [-0.3, -0.25) is 19.3 Å². The summed E-state index contributed by atoms with van der Waals surface area (Å²) in [6.07, 6.45) is 5.32. The highest BCUT2D eigenvalue weighted by Crippen LogP contribution is 2.28. The number of carbonyl (C=O) groups is 3. The molecule has 0 unspecified atom stereocenters. The number of aryl methyl sites for hydroxylation is 1. The summed E-state index contributed by atoms with van der Waals surface area (Å²) in [5.74, 6) is -0.744. The number of benzene rings is 1. The monoisotopic (exact) mass is 357 g/mol. The normalized spacial score (nSPS) is 17.6. The zero-order chi connectivity index (χ0) is 18.7. The third kappa shape index (κ3) is 3.77. The smallest absolute Gasteiger partial charge is 0.277 e. The molecule has 1 aliphatic carbocycles. The standard InChI is InChI=1S/C19H23N3O4/c1-12-10-14(20-16-11-17(24)22(8-9-23)19(16)26)6-7-15(12)21-18(25)13-4-2-3-5-13/h6-7,10-11,13,20,23H,2-5,8-9H2,1H3,(H,21,25). The Bertz CT molecular complexity index is 766. The van der Waals surface area contributed by atoms with Gasteiger partial charge < -0.3 is 15.7 Å². The number of aliphatic hydroxyl groups excluding tert-OH is 1. The molecule has 1 heterocycles. The molecule has 3 rings (SSSR count). The summed E-state index contributed by atoms with van der Waals surface area (Å²) in [6.45, 7) is 1.58.